The minimum Gasteiger partial charge on any atom is -0.496 e. The van der Waals surface area contributed by atoms with E-state index in [4.69, 9.17) is 4.74 Å². The summed E-state index contributed by atoms with van der Waals surface area (Å²) in [6, 6.07) is 9.84. The van der Waals surface area contributed by atoms with Crippen LogP contribution in [0.4, 0.5) is 5.69 Å². The van der Waals surface area contributed by atoms with Crippen molar-refractivity contribution in [2.75, 3.05) is 19.5 Å². The van der Waals surface area contributed by atoms with E-state index in [2.05, 4.69) is 64.3 Å². The maximum Gasteiger partial charge on any atom is 0.251 e. The summed E-state index contributed by atoms with van der Waals surface area (Å²) in [4.78, 5) is 25.5. The Hall–Kier alpha value is -2.82. The van der Waals surface area contributed by atoms with Gasteiger partial charge in [-0.3, -0.25) is 9.59 Å². The number of carbonyl (C=O) groups is 2. The number of amides is 2. The predicted octanol–water partition coefficient (Wildman–Crippen LogP) is 6.66. The first kappa shape index (κ1) is 27.4. The Kier molecular flexibility index (Phi) is 9.72. The van der Waals surface area contributed by atoms with E-state index in [9.17, 15) is 9.59 Å². The lowest BCUT2D eigenvalue weighted by molar-refractivity contribution is -0.116. The summed E-state index contributed by atoms with van der Waals surface area (Å²) in [6.07, 6.45) is 4.72. The smallest absolute Gasteiger partial charge is 0.251 e. The number of aryl methyl sites for hydroxylation is 2. The molecule has 0 aliphatic heterocycles. The number of rotatable bonds is 10. The van der Waals surface area contributed by atoms with Crippen molar-refractivity contribution in [2.45, 2.75) is 85.0 Å². The van der Waals surface area contributed by atoms with E-state index in [0.717, 1.165) is 48.1 Å². The second-order valence-corrected chi connectivity index (χ2v) is 10.2. The maximum absolute atomic E-state index is 13.3. The monoisotopic (exact) mass is 466 g/mol. The van der Waals surface area contributed by atoms with Gasteiger partial charge in [-0.2, -0.15) is 0 Å². The largest absolute Gasteiger partial charge is 0.496 e. The van der Waals surface area contributed by atoms with Crippen molar-refractivity contribution < 1.29 is 14.3 Å². The van der Waals surface area contributed by atoms with Gasteiger partial charge in [0.15, 0.2) is 0 Å². The third kappa shape index (κ3) is 7.09. The number of unbranched alkanes of at least 4 members (excludes halogenated alkanes) is 2. The van der Waals surface area contributed by atoms with Gasteiger partial charge >= 0.3 is 0 Å². The van der Waals surface area contributed by atoms with Gasteiger partial charge in [0.25, 0.3) is 5.91 Å². The fraction of sp³-hybridized carbons (Fsp3) is 0.517. The molecule has 0 heterocycles. The summed E-state index contributed by atoms with van der Waals surface area (Å²) < 4.78 is 5.54. The van der Waals surface area contributed by atoms with Gasteiger partial charge in [0.1, 0.15) is 5.75 Å². The zero-order chi connectivity index (χ0) is 25.5. The molecule has 0 saturated carbocycles. The molecule has 0 aromatic heterocycles. The van der Waals surface area contributed by atoms with Crippen LogP contribution in [0, 0.1) is 13.8 Å². The first-order valence-corrected chi connectivity index (χ1v) is 12.3. The van der Waals surface area contributed by atoms with Crippen LogP contribution in [0.2, 0.25) is 0 Å². The molecule has 1 atom stereocenters. The average Bonchev–Trinajstić information content (AvgIpc) is 2.76. The van der Waals surface area contributed by atoms with Gasteiger partial charge in [-0.1, -0.05) is 65.2 Å². The van der Waals surface area contributed by atoms with Crippen LogP contribution in [-0.4, -0.2) is 26.0 Å². The molecule has 0 radical (unpaired) electrons. The minimum absolute atomic E-state index is 0.0350. The minimum atomic E-state index is -0.172. The Morgan fingerprint density at radius 1 is 1.03 bits per heavy atom. The summed E-state index contributed by atoms with van der Waals surface area (Å²) in [6.45, 7) is 12.6. The van der Waals surface area contributed by atoms with E-state index in [1.165, 1.54) is 5.56 Å². The van der Waals surface area contributed by atoms with Gasteiger partial charge in [0.05, 0.1) is 7.11 Å². The number of anilines is 1. The van der Waals surface area contributed by atoms with Crippen LogP contribution in [0.15, 0.2) is 30.3 Å². The Labute approximate surface area is 205 Å². The number of methoxy groups -OCH3 is 1. The molecule has 0 aliphatic carbocycles. The van der Waals surface area contributed by atoms with Crippen LogP contribution >= 0.6 is 0 Å². The third-order valence-electron chi connectivity index (χ3n) is 6.34. The fourth-order valence-corrected chi connectivity index (χ4v) is 4.58. The third-order valence-corrected chi connectivity index (χ3v) is 6.34. The van der Waals surface area contributed by atoms with Crippen LogP contribution in [0.3, 0.4) is 0 Å². The molecule has 1 unspecified atom stereocenters. The lowest BCUT2D eigenvalue weighted by Crippen LogP contribution is -2.22. The Bertz CT molecular complexity index is 982. The highest BCUT2D eigenvalue weighted by Gasteiger charge is 2.23. The van der Waals surface area contributed by atoms with E-state index in [0.29, 0.717) is 17.7 Å². The summed E-state index contributed by atoms with van der Waals surface area (Å²) in [5, 5.41) is 5.80. The number of benzene rings is 2. The van der Waals surface area contributed by atoms with Crippen LogP contribution in [0.1, 0.15) is 98.3 Å². The number of ether oxygens (including phenoxy) is 1. The second kappa shape index (κ2) is 12.0. The van der Waals surface area contributed by atoms with Gasteiger partial charge in [0.2, 0.25) is 5.91 Å². The molecule has 0 aliphatic rings. The Balaban J connectivity index is 2.35. The Morgan fingerprint density at radius 3 is 2.21 bits per heavy atom. The lowest BCUT2D eigenvalue weighted by atomic mass is 9.84. The molecule has 5 nitrogen and oxygen atoms in total. The standard InChI is InChI=1S/C29H42N2O3/c1-9-10-11-12-21(23-15-19(2)27(34-8)20(3)16-23)18-26(32)31-25-17-22(28(33)30-7)13-14-24(25)29(4,5)6/h13-17,21H,9-12,18H2,1-8H3,(H,30,33)(H,31,32). The highest BCUT2D eigenvalue weighted by Crippen LogP contribution is 2.34. The van der Waals surface area contributed by atoms with Crippen molar-refractivity contribution in [1.29, 1.82) is 0 Å². The molecule has 2 rings (SSSR count). The predicted molar refractivity (Wildman–Crippen MR) is 141 cm³/mol. The van der Waals surface area contributed by atoms with Gasteiger partial charge < -0.3 is 15.4 Å². The summed E-state index contributed by atoms with van der Waals surface area (Å²) in [7, 11) is 3.30. The molecule has 2 N–H and O–H groups in total. The molecule has 34 heavy (non-hydrogen) atoms. The number of nitrogens with one attached hydrogen (secondary N) is 2. The Morgan fingerprint density at radius 2 is 1.68 bits per heavy atom. The van der Waals surface area contributed by atoms with E-state index < -0.39 is 0 Å². The van der Waals surface area contributed by atoms with Gasteiger partial charge in [-0.15, -0.1) is 0 Å². The zero-order valence-corrected chi connectivity index (χ0v) is 22.2. The first-order valence-electron chi connectivity index (χ1n) is 12.3. The molecule has 0 saturated heterocycles. The van der Waals surface area contributed by atoms with Crippen molar-refractivity contribution in [3.8, 4) is 5.75 Å². The molecule has 5 heteroatoms. The average molecular weight is 467 g/mol. The number of hydrogen-bond acceptors (Lipinski definition) is 3. The fourth-order valence-electron chi connectivity index (χ4n) is 4.58. The normalized spacial score (nSPS) is 12.2. The molecule has 0 fully saturated rings. The quantitative estimate of drug-likeness (QED) is 0.385. The van der Waals surface area contributed by atoms with Crippen LogP contribution in [0.25, 0.3) is 0 Å². The molecule has 2 aromatic carbocycles. The van der Waals surface area contributed by atoms with Gasteiger partial charge in [-0.25, -0.2) is 0 Å². The van der Waals surface area contributed by atoms with Crippen molar-refractivity contribution in [3.05, 3.63) is 58.1 Å². The topological polar surface area (TPSA) is 67.4 Å². The SMILES string of the molecule is CCCCCC(CC(=O)Nc1cc(C(=O)NC)ccc1C(C)(C)C)c1cc(C)c(OC)c(C)c1. The highest BCUT2D eigenvalue weighted by molar-refractivity contribution is 5.98. The highest BCUT2D eigenvalue weighted by atomic mass is 16.5. The van der Waals surface area contributed by atoms with Crippen molar-refractivity contribution in [1.82, 2.24) is 5.32 Å². The molecular weight excluding hydrogens is 424 g/mol. The second-order valence-electron chi connectivity index (χ2n) is 10.2. The van der Waals surface area contributed by atoms with E-state index in [1.54, 1.807) is 20.2 Å². The van der Waals surface area contributed by atoms with E-state index >= 15 is 0 Å². The summed E-state index contributed by atoms with van der Waals surface area (Å²) in [5.74, 6) is 0.821. The van der Waals surface area contributed by atoms with E-state index in [1.807, 2.05) is 12.1 Å². The molecule has 186 valence electrons. The number of hydrogen-bond donors (Lipinski definition) is 2. The van der Waals surface area contributed by atoms with E-state index in [-0.39, 0.29) is 23.1 Å². The maximum atomic E-state index is 13.3. The van der Waals surface area contributed by atoms with Crippen molar-refractivity contribution in [3.63, 3.8) is 0 Å². The van der Waals surface area contributed by atoms with Crippen molar-refractivity contribution in [2.24, 2.45) is 0 Å². The lowest BCUT2D eigenvalue weighted by Gasteiger charge is -2.25. The molecule has 2 amide bonds. The van der Waals surface area contributed by atoms with Crippen LogP contribution < -0.4 is 15.4 Å². The van der Waals surface area contributed by atoms with Crippen LogP contribution in [-0.2, 0) is 10.2 Å². The first-order chi connectivity index (χ1) is 16.0. The van der Waals surface area contributed by atoms with Crippen molar-refractivity contribution >= 4 is 17.5 Å². The molecule has 0 spiro atoms. The molecule has 0 bridgehead atoms. The summed E-state index contributed by atoms with van der Waals surface area (Å²) in [5.41, 5.74) is 5.43. The van der Waals surface area contributed by atoms with Gasteiger partial charge in [0, 0.05) is 24.7 Å². The van der Waals surface area contributed by atoms with Gasteiger partial charge in [-0.05, 0) is 66.0 Å². The zero-order valence-electron chi connectivity index (χ0n) is 22.2. The number of carbonyl (C=O) groups excluding carboxylic acids is 2. The summed E-state index contributed by atoms with van der Waals surface area (Å²) >= 11 is 0. The molecular formula is C29H42N2O3. The molecule has 2 aromatic rings. The van der Waals surface area contributed by atoms with Crippen LogP contribution in [0.5, 0.6) is 5.75 Å².